The molecule has 1 heterocycles. The number of nitrogens with one attached hydrogen (secondary N) is 1. The van der Waals surface area contributed by atoms with Crippen molar-refractivity contribution in [2.45, 2.75) is 57.1 Å². The van der Waals surface area contributed by atoms with Crippen LogP contribution in [0.5, 0.6) is 5.75 Å². The Kier molecular flexibility index (Phi) is 5.45. The van der Waals surface area contributed by atoms with E-state index in [1.165, 1.54) is 39.2 Å². The first kappa shape index (κ1) is 19.4. The molecular formula is C21H28F2N2O3. The van der Waals surface area contributed by atoms with E-state index in [1.807, 2.05) is 0 Å². The van der Waals surface area contributed by atoms with E-state index in [1.54, 1.807) is 4.90 Å². The van der Waals surface area contributed by atoms with E-state index in [0.29, 0.717) is 13.2 Å². The molecule has 0 radical (unpaired) electrons. The highest BCUT2D eigenvalue weighted by Gasteiger charge is 2.46. The van der Waals surface area contributed by atoms with Gasteiger partial charge in [-0.05, 0) is 31.1 Å². The third-order valence-electron chi connectivity index (χ3n) is 6.76. The molecule has 2 aliphatic carbocycles. The number of hydrogen-bond acceptors (Lipinski definition) is 3. The van der Waals surface area contributed by atoms with Crippen LogP contribution in [0, 0.1) is 17.0 Å². The molecule has 1 N–H and O–H groups in total. The van der Waals surface area contributed by atoms with Crippen molar-refractivity contribution in [1.29, 1.82) is 0 Å². The summed E-state index contributed by atoms with van der Waals surface area (Å²) in [5.74, 6) is -1.32. The van der Waals surface area contributed by atoms with Gasteiger partial charge in [0, 0.05) is 24.7 Å². The molecule has 3 fully saturated rings. The van der Waals surface area contributed by atoms with Crippen molar-refractivity contribution >= 4 is 6.03 Å². The van der Waals surface area contributed by atoms with E-state index in [4.69, 9.17) is 9.47 Å². The lowest BCUT2D eigenvalue weighted by Gasteiger charge is -2.51. The van der Waals surface area contributed by atoms with Gasteiger partial charge in [-0.2, -0.15) is 0 Å². The normalized spacial score (nSPS) is 26.6. The standard InChI is InChI=1S/C21H28F2N2O3/c1-27-16-12-14(22)11-15(23)19(16)17-13-25(9-10-28-17)20(26)24-18-5-2-3-6-21(18)7-4-8-21/h11-12,17-18H,2-10,13H2,1H3,(H,24,26). The lowest BCUT2D eigenvalue weighted by molar-refractivity contribution is -0.0218. The number of halogens is 2. The van der Waals surface area contributed by atoms with Crippen molar-refractivity contribution in [1.82, 2.24) is 10.2 Å². The molecule has 154 valence electrons. The number of amides is 2. The average Bonchev–Trinajstić information content (AvgIpc) is 2.66. The summed E-state index contributed by atoms with van der Waals surface area (Å²) in [6, 6.07) is 2.07. The molecule has 1 aromatic carbocycles. The lowest BCUT2D eigenvalue weighted by atomic mass is 9.58. The van der Waals surface area contributed by atoms with Gasteiger partial charge in [-0.3, -0.25) is 0 Å². The molecule has 0 bridgehead atoms. The maximum Gasteiger partial charge on any atom is 0.317 e. The number of hydrogen-bond donors (Lipinski definition) is 1. The molecule has 3 aliphatic rings. The van der Waals surface area contributed by atoms with Crippen molar-refractivity contribution in [2.75, 3.05) is 26.8 Å². The molecule has 2 atom stereocenters. The highest BCUT2D eigenvalue weighted by Crippen LogP contribution is 2.51. The molecule has 2 amide bonds. The minimum atomic E-state index is -0.718. The summed E-state index contributed by atoms with van der Waals surface area (Å²) in [4.78, 5) is 14.6. The highest BCUT2D eigenvalue weighted by molar-refractivity contribution is 5.75. The van der Waals surface area contributed by atoms with E-state index >= 15 is 0 Å². The summed E-state index contributed by atoms with van der Waals surface area (Å²) in [6.07, 6.45) is 7.58. The van der Waals surface area contributed by atoms with Crippen molar-refractivity contribution in [3.05, 3.63) is 29.3 Å². The van der Waals surface area contributed by atoms with Crippen LogP contribution in [-0.2, 0) is 4.74 Å². The Morgan fingerprint density at radius 1 is 1.25 bits per heavy atom. The van der Waals surface area contributed by atoms with Crippen LogP contribution in [0.15, 0.2) is 12.1 Å². The third kappa shape index (κ3) is 3.56. The van der Waals surface area contributed by atoms with Crippen molar-refractivity contribution in [3.63, 3.8) is 0 Å². The Bertz CT molecular complexity index is 739. The smallest absolute Gasteiger partial charge is 0.317 e. The number of rotatable bonds is 3. The Labute approximate surface area is 164 Å². The van der Waals surface area contributed by atoms with E-state index in [-0.39, 0.29) is 35.3 Å². The van der Waals surface area contributed by atoms with Crippen LogP contribution in [0.25, 0.3) is 0 Å². The van der Waals surface area contributed by atoms with Gasteiger partial charge >= 0.3 is 6.03 Å². The largest absolute Gasteiger partial charge is 0.496 e. The van der Waals surface area contributed by atoms with Gasteiger partial charge in [-0.25, -0.2) is 13.6 Å². The number of nitrogens with zero attached hydrogens (tertiary/aromatic N) is 1. The molecule has 2 unspecified atom stereocenters. The van der Waals surface area contributed by atoms with Gasteiger partial charge < -0.3 is 19.7 Å². The molecule has 7 heteroatoms. The average molecular weight is 394 g/mol. The number of morpholine rings is 1. The second kappa shape index (κ2) is 7.85. The molecule has 0 aromatic heterocycles. The molecule has 1 aromatic rings. The zero-order valence-electron chi connectivity index (χ0n) is 16.3. The minimum absolute atomic E-state index is 0.102. The minimum Gasteiger partial charge on any atom is -0.496 e. The molecule has 1 saturated heterocycles. The van der Waals surface area contributed by atoms with Crippen LogP contribution in [0.2, 0.25) is 0 Å². The molecular weight excluding hydrogens is 366 g/mol. The fraction of sp³-hybridized carbons (Fsp3) is 0.667. The first-order chi connectivity index (χ1) is 13.5. The van der Waals surface area contributed by atoms with Crippen molar-refractivity contribution < 1.29 is 23.0 Å². The lowest BCUT2D eigenvalue weighted by Crippen LogP contribution is -2.57. The van der Waals surface area contributed by atoms with Gasteiger partial charge in [0.1, 0.15) is 23.5 Å². The predicted molar refractivity (Wildman–Crippen MR) is 100 cm³/mol. The fourth-order valence-corrected chi connectivity index (χ4v) is 5.05. The Hall–Kier alpha value is -1.89. The van der Waals surface area contributed by atoms with Crippen LogP contribution >= 0.6 is 0 Å². The Morgan fingerprint density at radius 2 is 2.04 bits per heavy atom. The number of urea groups is 1. The van der Waals surface area contributed by atoms with E-state index < -0.39 is 17.7 Å². The van der Waals surface area contributed by atoms with Gasteiger partial charge in [0.25, 0.3) is 0 Å². The second-order valence-corrected chi connectivity index (χ2v) is 8.27. The van der Waals surface area contributed by atoms with Crippen LogP contribution < -0.4 is 10.1 Å². The molecule has 4 rings (SSSR count). The van der Waals surface area contributed by atoms with Crippen LogP contribution in [0.4, 0.5) is 13.6 Å². The highest BCUT2D eigenvalue weighted by atomic mass is 19.1. The third-order valence-corrected chi connectivity index (χ3v) is 6.76. The molecule has 28 heavy (non-hydrogen) atoms. The Morgan fingerprint density at radius 3 is 2.75 bits per heavy atom. The van der Waals surface area contributed by atoms with Crippen molar-refractivity contribution in [3.8, 4) is 5.75 Å². The molecule has 2 saturated carbocycles. The second-order valence-electron chi connectivity index (χ2n) is 8.27. The molecule has 1 aliphatic heterocycles. The number of methoxy groups -OCH3 is 1. The zero-order chi connectivity index (χ0) is 19.7. The maximum absolute atomic E-state index is 14.4. The van der Waals surface area contributed by atoms with Gasteiger partial charge in [-0.1, -0.05) is 19.3 Å². The van der Waals surface area contributed by atoms with Crippen LogP contribution in [-0.4, -0.2) is 43.8 Å². The van der Waals surface area contributed by atoms with Gasteiger partial charge in [-0.15, -0.1) is 0 Å². The summed E-state index contributed by atoms with van der Waals surface area (Å²) in [5.41, 5.74) is 0.445. The Balaban J connectivity index is 1.46. The first-order valence-electron chi connectivity index (χ1n) is 10.2. The van der Waals surface area contributed by atoms with Gasteiger partial charge in [0.05, 0.1) is 25.8 Å². The topological polar surface area (TPSA) is 50.8 Å². The zero-order valence-corrected chi connectivity index (χ0v) is 16.3. The number of carbonyl (C=O) groups excluding carboxylic acids is 1. The number of ether oxygens (including phenoxy) is 2. The van der Waals surface area contributed by atoms with Crippen molar-refractivity contribution in [2.24, 2.45) is 5.41 Å². The fourth-order valence-electron chi connectivity index (χ4n) is 5.05. The quantitative estimate of drug-likeness (QED) is 0.837. The van der Waals surface area contributed by atoms with Crippen LogP contribution in [0.1, 0.15) is 56.6 Å². The van der Waals surface area contributed by atoms with E-state index in [2.05, 4.69) is 5.32 Å². The summed E-state index contributed by atoms with van der Waals surface area (Å²) in [6.45, 7) is 0.964. The summed E-state index contributed by atoms with van der Waals surface area (Å²) >= 11 is 0. The molecule has 1 spiro atoms. The molecule has 5 nitrogen and oxygen atoms in total. The van der Waals surface area contributed by atoms with Gasteiger partial charge in [0.15, 0.2) is 0 Å². The van der Waals surface area contributed by atoms with E-state index in [9.17, 15) is 13.6 Å². The monoisotopic (exact) mass is 394 g/mol. The SMILES string of the molecule is COc1cc(F)cc(F)c1C1CN(C(=O)NC2CCCCC23CCC3)CCO1. The maximum atomic E-state index is 14.4. The number of benzene rings is 1. The summed E-state index contributed by atoms with van der Waals surface area (Å²) in [5, 5.41) is 3.25. The number of carbonyl (C=O) groups is 1. The van der Waals surface area contributed by atoms with Crippen LogP contribution in [0.3, 0.4) is 0 Å². The predicted octanol–water partition coefficient (Wildman–Crippen LogP) is 4.17. The summed E-state index contributed by atoms with van der Waals surface area (Å²) in [7, 11) is 1.37. The first-order valence-corrected chi connectivity index (χ1v) is 10.2. The van der Waals surface area contributed by atoms with Gasteiger partial charge in [0.2, 0.25) is 0 Å². The summed E-state index contributed by atoms with van der Waals surface area (Å²) < 4.78 is 38.8. The van der Waals surface area contributed by atoms with E-state index in [0.717, 1.165) is 25.0 Å².